The lowest BCUT2D eigenvalue weighted by Crippen LogP contribution is -2.34. The lowest BCUT2D eigenvalue weighted by molar-refractivity contribution is -0.123. The smallest absolute Gasteiger partial charge is 0.263 e. The third-order valence-corrected chi connectivity index (χ3v) is 6.00. The molecule has 0 unspecified atom stereocenters. The second-order valence-electron chi connectivity index (χ2n) is 5.90. The topological polar surface area (TPSA) is 116 Å². The Hall–Kier alpha value is -1.91. The fourth-order valence-corrected chi connectivity index (χ4v) is 4.38. The number of aryl methyl sites for hydroxylation is 2. The molecule has 2 rings (SSSR count). The molecule has 2 heterocycles. The summed E-state index contributed by atoms with van der Waals surface area (Å²) in [6, 6.07) is 0. The van der Waals surface area contributed by atoms with Crippen LogP contribution in [0, 0.1) is 13.8 Å². The monoisotopic (exact) mass is 412 g/mol. The minimum Gasteiger partial charge on any atom is -0.382 e. The standard InChI is InChI=1S/C17H24N4O4S2/c1-4-25-7-5-6-21-16(24)14-10(2)11(3)27-15(14)20-17(21)26-9-13(23)19-8-12(18)22/h4-9H2,1-3H3,(H2,18,22)(H,19,23). The first-order chi connectivity index (χ1) is 12.8. The number of thiophene rings is 1. The Labute approximate surface area is 165 Å². The molecule has 0 atom stereocenters. The Balaban J connectivity index is 2.27. The number of amides is 2. The highest BCUT2D eigenvalue weighted by atomic mass is 32.2. The molecule has 0 saturated carbocycles. The van der Waals surface area contributed by atoms with Crippen LogP contribution < -0.4 is 16.6 Å². The summed E-state index contributed by atoms with van der Waals surface area (Å²) in [5, 5.41) is 3.55. The van der Waals surface area contributed by atoms with Crippen molar-refractivity contribution in [2.24, 2.45) is 5.73 Å². The second-order valence-corrected chi connectivity index (χ2v) is 8.04. The number of nitrogens with zero attached hydrogens (tertiary/aromatic N) is 2. The molecule has 0 aliphatic heterocycles. The van der Waals surface area contributed by atoms with E-state index in [2.05, 4.69) is 10.3 Å². The first kappa shape index (κ1) is 21.4. The lowest BCUT2D eigenvalue weighted by Gasteiger charge is -2.12. The van der Waals surface area contributed by atoms with Gasteiger partial charge in [-0.1, -0.05) is 11.8 Å². The Bertz CT molecular complexity index is 891. The molecule has 2 aromatic heterocycles. The molecule has 0 fully saturated rings. The zero-order valence-electron chi connectivity index (χ0n) is 15.7. The fourth-order valence-electron chi connectivity index (χ4n) is 2.45. The molecule has 10 heteroatoms. The van der Waals surface area contributed by atoms with Crippen LogP contribution >= 0.6 is 23.1 Å². The van der Waals surface area contributed by atoms with Crippen LogP contribution in [0.3, 0.4) is 0 Å². The van der Waals surface area contributed by atoms with E-state index in [1.165, 1.54) is 23.1 Å². The van der Waals surface area contributed by atoms with Crippen LogP contribution in [0.1, 0.15) is 23.8 Å². The highest BCUT2D eigenvalue weighted by Crippen LogP contribution is 2.28. The molecule has 0 aliphatic carbocycles. The van der Waals surface area contributed by atoms with Gasteiger partial charge < -0.3 is 15.8 Å². The van der Waals surface area contributed by atoms with E-state index in [-0.39, 0.29) is 23.8 Å². The SMILES string of the molecule is CCOCCCn1c(SCC(=O)NCC(N)=O)nc2sc(C)c(C)c2c1=O. The summed E-state index contributed by atoms with van der Waals surface area (Å²) in [6.07, 6.45) is 0.671. The molecular weight excluding hydrogens is 388 g/mol. The van der Waals surface area contributed by atoms with Gasteiger partial charge in [-0.15, -0.1) is 11.3 Å². The van der Waals surface area contributed by atoms with Crippen molar-refractivity contribution in [2.45, 2.75) is 38.9 Å². The summed E-state index contributed by atoms with van der Waals surface area (Å²) in [7, 11) is 0. The van der Waals surface area contributed by atoms with Crippen molar-refractivity contribution in [3.63, 3.8) is 0 Å². The van der Waals surface area contributed by atoms with Crippen molar-refractivity contribution in [3.8, 4) is 0 Å². The van der Waals surface area contributed by atoms with Gasteiger partial charge in [0.05, 0.1) is 17.7 Å². The van der Waals surface area contributed by atoms with Crippen LogP contribution in [0.4, 0.5) is 0 Å². The average Bonchev–Trinajstić information content (AvgIpc) is 2.91. The number of thioether (sulfide) groups is 1. The molecule has 0 aliphatic rings. The molecule has 0 spiro atoms. The number of ether oxygens (including phenoxy) is 1. The predicted octanol–water partition coefficient (Wildman–Crippen LogP) is 1.20. The van der Waals surface area contributed by atoms with Crippen molar-refractivity contribution in [1.29, 1.82) is 0 Å². The normalized spacial score (nSPS) is 11.1. The van der Waals surface area contributed by atoms with Crippen molar-refractivity contribution in [3.05, 3.63) is 20.8 Å². The van der Waals surface area contributed by atoms with Crippen LogP contribution in [0.2, 0.25) is 0 Å². The van der Waals surface area contributed by atoms with Gasteiger partial charge in [0.1, 0.15) is 4.83 Å². The molecule has 0 saturated heterocycles. The highest BCUT2D eigenvalue weighted by molar-refractivity contribution is 7.99. The number of hydrogen-bond acceptors (Lipinski definition) is 7. The molecule has 0 aromatic carbocycles. The Morgan fingerprint density at radius 2 is 2.11 bits per heavy atom. The van der Waals surface area contributed by atoms with Crippen LogP contribution in [-0.2, 0) is 20.9 Å². The molecule has 148 valence electrons. The molecule has 2 amide bonds. The number of rotatable bonds is 10. The van der Waals surface area contributed by atoms with Gasteiger partial charge in [-0.3, -0.25) is 19.0 Å². The van der Waals surface area contributed by atoms with Gasteiger partial charge >= 0.3 is 0 Å². The summed E-state index contributed by atoms with van der Waals surface area (Å²) >= 11 is 2.64. The van der Waals surface area contributed by atoms with Crippen LogP contribution in [0.25, 0.3) is 10.2 Å². The number of carbonyl (C=O) groups excluding carboxylic acids is 2. The summed E-state index contributed by atoms with van der Waals surface area (Å²) in [5.74, 6) is -0.905. The number of fused-ring (bicyclic) bond motifs is 1. The van der Waals surface area contributed by atoms with E-state index in [0.717, 1.165) is 10.4 Å². The van der Waals surface area contributed by atoms with Crippen molar-refractivity contribution in [2.75, 3.05) is 25.5 Å². The third-order valence-electron chi connectivity index (χ3n) is 3.92. The molecule has 0 bridgehead atoms. The Morgan fingerprint density at radius 1 is 1.37 bits per heavy atom. The van der Waals surface area contributed by atoms with Crippen molar-refractivity contribution >= 4 is 45.1 Å². The van der Waals surface area contributed by atoms with Gasteiger partial charge in [-0.25, -0.2) is 4.98 Å². The van der Waals surface area contributed by atoms with E-state index in [1.807, 2.05) is 20.8 Å². The second kappa shape index (κ2) is 9.86. The Morgan fingerprint density at radius 3 is 2.78 bits per heavy atom. The lowest BCUT2D eigenvalue weighted by atomic mass is 10.2. The summed E-state index contributed by atoms with van der Waals surface area (Å²) < 4.78 is 6.96. The molecular formula is C17H24N4O4S2. The zero-order valence-corrected chi connectivity index (χ0v) is 17.3. The average molecular weight is 413 g/mol. The van der Waals surface area contributed by atoms with Gasteiger partial charge in [0, 0.05) is 24.6 Å². The maximum atomic E-state index is 13.0. The number of aromatic nitrogens is 2. The Kier molecular flexibility index (Phi) is 7.81. The zero-order chi connectivity index (χ0) is 20.0. The number of carbonyl (C=O) groups is 2. The van der Waals surface area contributed by atoms with E-state index in [9.17, 15) is 14.4 Å². The van der Waals surface area contributed by atoms with Gasteiger partial charge in [0.2, 0.25) is 11.8 Å². The number of hydrogen-bond donors (Lipinski definition) is 2. The van der Waals surface area contributed by atoms with E-state index < -0.39 is 5.91 Å². The summed E-state index contributed by atoms with van der Waals surface area (Å²) in [4.78, 5) is 42.0. The maximum absolute atomic E-state index is 13.0. The molecule has 27 heavy (non-hydrogen) atoms. The van der Waals surface area contributed by atoms with Gasteiger partial charge in [-0.2, -0.15) is 0 Å². The van der Waals surface area contributed by atoms with Crippen LogP contribution in [-0.4, -0.2) is 46.9 Å². The quantitative estimate of drug-likeness (QED) is 0.344. The number of nitrogens with two attached hydrogens (primary N) is 1. The predicted molar refractivity (Wildman–Crippen MR) is 107 cm³/mol. The van der Waals surface area contributed by atoms with Crippen molar-refractivity contribution in [1.82, 2.24) is 14.9 Å². The first-order valence-electron chi connectivity index (χ1n) is 8.61. The van der Waals surface area contributed by atoms with Crippen LogP contribution in [0.15, 0.2) is 9.95 Å². The van der Waals surface area contributed by atoms with E-state index in [1.54, 1.807) is 4.57 Å². The van der Waals surface area contributed by atoms with Gasteiger partial charge in [0.15, 0.2) is 5.16 Å². The van der Waals surface area contributed by atoms with E-state index in [0.29, 0.717) is 41.6 Å². The minimum absolute atomic E-state index is 0.0417. The number of nitrogens with one attached hydrogen (secondary N) is 1. The van der Waals surface area contributed by atoms with Gasteiger partial charge in [0.25, 0.3) is 5.56 Å². The number of primary amides is 1. The fraction of sp³-hybridized carbons (Fsp3) is 0.529. The molecule has 3 N–H and O–H groups in total. The molecule has 8 nitrogen and oxygen atoms in total. The van der Waals surface area contributed by atoms with E-state index in [4.69, 9.17) is 10.5 Å². The van der Waals surface area contributed by atoms with Gasteiger partial charge in [-0.05, 0) is 32.8 Å². The minimum atomic E-state index is -0.606. The maximum Gasteiger partial charge on any atom is 0.263 e. The van der Waals surface area contributed by atoms with Crippen LogP contribution in [0.5, 0.6) is 0 Å². The molecule has 0 radical (unpaired) electrons. The van der Waals surface area contributed by atoms with E-state index >= 15 is 0 Å². The highest BCUT2D eigenvalue weighted by Gasteiger charge is 2.17. The molecule has 2 aromatic rings. The summed E-state index contributed by atoms with van der Waals surface area (Å²) in [5.41, 5.74) is 5.87. The largest absolute Gasteiger partial charge is 0.382 e. The third kappa shape index (κ3) is 5.53. The van der Waals surface area contributed by atoms with Crippen molar-refractivity contribution < 1.29 is 14.3 Å². The first-order valence-corrected chi connectivity index (χ1v) is 10.4. The summed E-state index contributed by atoms with van der Waals surface area (Å²) in [6.45, 7) is 7.22.